The van der Waals surface area contributed by atoms with E-state index in [-0.39, 0.29) is 0 Å². The van der Waals surface area contributed by atoms with Crippen molar-refractivity contribution >= 4 is 27.3 Å². The molecule has 1 heterocycles. The highest BCUT2D eigenvalue weighted by molar-refractivity contribution is 9.10. The van der Waals surface area contributed by atoms with E-state index in [9.17, 15) is 0 Å². The Bertz CT molecular complexity index is 285. The third-order valence-electron chi connectivity index (χ3n) is 2.84. The second-order valence-corrected chi connectivity index (χ2v) is 5.86. The van der Waals surface area contributed by atoms with E-state index in [1.807, 2.05) is 11.3 Å². The summed E-state index contributed by atoms with van der Waals surface area (Å²) in [6.07, 6.45) is 2.44. The first-order valence-corrected chi connectivity index (χ1v) is 7.30. The van der Waals surface area contributed by atoms with Crippen molar-refractivity contribution in [2.24, 2.45) is 5.92 Å². The summed E-state index contributed by atoms with van der Waals surface area (Å²) in [4.78, 5) is 1.48. The summed E-state index contributed by atoms with van der Waals surface area (Å²) >= 11 is 5.36. The Balaban J connectivity index is 2.53. The SMILES string of the molecule is CCNC(C)C(CC)Cc1cc(Br)cs1. The Hall–Kier alpha value is 0.140. The van der Waals surface area contributed by atoms with Gasteiger partial charge in [0.1, 0.15) is 0 Å². The molecule has 0 bridgehead atoms. The molecular weight excluding hydrogens is 270 g/mol. The average Bonchev–Trinajstić information content (AvgIpc) is 2.61. The Kier molecular flexibility index (Phi) is 5.87. The van der Waals surface area contributed by atoms with Gasteiger partial charge in [-0.2, -0.15) is 0 Å². The van der Waals surface area contributed by atoms with E-state index in [0.717, 1.165) is 12.5 Å². The maximum atomic E-state index is 3.52. The maximum Gasteiger partial charge on any atom is 0.0285 e. The van der Waals surface area contributed by atoms with Crippen LogP contribution in [0.2, 0.25) is 0 Å². The van der Waals surface area contributed by atoms with Gasteiger partial charge in [0.2, 0.25) is 0 Å². The van der Waals surface area contributed by atoms with Gasteiger partial charge in [0, 0.05) is 20.8 Å². The normalized spacial score (nSPS) is 15.2. The smallest absolute Gasteiger partial charge is 0.0285 e. The molecule has 0 aliphatic rings. The van der Waals surface area contributed by atoms with Crippen molar-refractivity contribution < 1.29 is 0 Å². The van der Waals surface area contributed by atoms with Crippen LogP contribution in [-0.4, -0.2) is 12.6 Å². The van der Waals surface area contributed by atoms with Crippen molar-refractivity contribution in [1.29, 1.82) is 0 Å². The third kappa shape index (κ3) is 4.25. The summed E-state index contributed by atoms with van der Waals surface area (Å²) in [5.41, 5.74) is 0. The molecule has 0 saturated heterocycles. The van der Waals surface area contributed by atoms with E-state index in [4.69, 9.17) is 0 Å². The van der Waals surface area contributed by atoms with Gasteiger partial charge >= 0.3 is 0 Å². The second kappa shape index (κ2) is 6.66. The number of nitrogens with one attached hydrogen (secondary N) is 1. The summed E-state index contributed by atoms with van der Waals surface area (Å²) in [6, 6.07) is 2.85. The van der Waals surface area contributed by atoms with Crippen molar-refractivity contribution in [1.82, 2.24) is 5.32 Å². The van der Waals surface area contributed by atoms with Gasteiger partial charge in [0.15, 0.2) is 0 Å². The topological polar surface area (TPSA) is 12.0 Å². The number of hydrogen-bond acceptors (Lipinski definition) is 2. The zero-order chi connectivity index (χ0) is 11.3. The summed E-state index contributed by atoms with van der Waals surface area (Å²) in [5.74, 6) is 0.746. The van der Waals surface area contributed by atoms with Gasteiger partial charge in [-0.25, -0.2) is 0 Å². The highest BCUT2D eigenvalue weighted by Gasteiger charge is 2.15. The predicted molar refractivity (Wildman–Crippen MR) is 72.6 cm³/mol. The van der Waals surface area contributed by atoms with E-state index < -0.39 is 0 Å². The van der Waals surface area contributed by atoms with Crippen LogP contribution < -0.4 is 5.32 Å². The Labute approximate surface area is 105 Å². The fourth-order valence-corrected chi connectivity index (χ4v) is 3.43. The van der Waals surface area contributed by atoms with Crippen LogP contribution in [0.1, 0.15) is 32.1 Å². The minimum absolute atomic E-state index is 0.612. The van der Waals surface area contributed by atoms with Crippen molar-refractivity contribution in [3.05, 3.63) is 20.8 Å². The molecule has 1 aromatic heterocycles. The van der Waals surface area contributed by atoms with Crippen LogP contribution in [0.3, 0.4) is 0 Å². The van der Waals surface area contributed by atoms with Crippen LogP contribution in [0.4, 0.5) is 0 Å². The zero-order valence-electron chi connectivity index (χ0n) is 9.72. The second-order valence-electron chi connectivity index (χ2n) is 3.95. The van der Waals surface area contributed by atoms with Crippen molar-refractivity contribution in [3.8, 4) is 0 Å². The first-order chi connectivity index (χ1) is 7.17. The summed E-state index contributed by atoms with van der Waals surface area (Å²) in [6.45, 7) is 7.80. The lowest BCUT2D eigenvalue weighted by Crippen LogP contribution is -2.34. The monoisotopic (exact) mass is 289 g/mol. The maximum absolute atomic E-state index is 3.52. The molecule has 1 aromatic rings. The van der Waals surface area contributed by atoms with Gasteiger partial charge in [0.25, 0.3) is 0 Å². The molecular formula is C12H20BrNS. The van der Waals surface area contributed by atoms with E-state index in [1.165, 1.54) is 22.2 Å². The van der Waals surface area contributed by atoms with Crippen LogP contribution in [0.25, 0.3) is 0 Å². The van der Waals surface area contributed by atoms with E-state index in [2.05, 4.69) is 53.5 Å². The third-order valence-corrected chi connectivity index (χ3v) is 4.56. The minimum atomic E-state index is 0.612. The lowest BCUT2D eigenvalue weighted by Gasteiger charge is -2.22. The molecule has 2 unspecified atom stereocenters. The van der Waals surface area contributed by atoms with Crippen molar-refractivity contribution in [2.45, 2.75) is 39.7 Å². The molecule has 86 valence electrons. The van der Waals surface area contributed by atoms with Crippen LogP contribution in [0, 0.1) is 5.92 Å². The molecule has 0 saturated carbocycles. The van der Waals surface area contributed by atoms with Gasteiger partial charge in [0.05, 0.1) is 0 Å². The fraction of sp³-hybridized carbons (Fsp3) is 0.667. The Morgan fingerprint density at radius 2 is 2.20 bits per heavy atom. The van der Waals surface area contributed by atoms with E-state index >= 15 is 0 Å². The van der Waals surface area contributed by atoms with Gasteiger partial charge in [-0.15, -0.1) is 11.3 Å². The summed E-state index contributed by atoms with van der Waals surface area (Å²) in [7, 11) is 0. The van der Waals surface area contributed by atoms with E-state index in [0.29, 0.717) is 6.04 Å². The molecule has 0 spiro atoms. The van der Waals surface area contributed by atoms with Gasteiger partial charge in [-0.1, -0.05) is 20.3 Å². The fourth-order valence-electron chi connectivity index (χ4n) is 1.88. The molecule has 1 N–H and O–H groups in total. The van der Waals surface area contributed by atoms with Crippen molar-refractivity contribution in [3.63, 3.8) is 0 Å². The first-order valence-electron chi connectivity index (χ1n) is 5.63. The molecule has 3 heteroatoms. The van der Waals surface area contributed by atoms with Crippen LogP contribution in [0.15, 0.2) is 15.9 Å². The molecule has 1 nitrogen and oxygen atoms in total. The number of thiophene rings is 1. The largest absolute Gasteiger partial charge is 0.314 e. The first kappa shape index (κ1) is 13.2. The molecule has 0 radical (unpaired) electrons. The lowest BCUT2D eigenvalue weighted by molar-refractivity contribution is 0.369. The van der Waals surface area contributed by atoms with Crippen LogP contribution in [0.5, 0.6) is 0 Å². The predicted octanol–water partition coefficient (Wildman–Crippen LogP) is 4.08. The Morgan fingerprint density at radius 3 is 2.67 bits per heavy atom. The number of hydrogen-bond donors (Lipinski definition) is 1. The molecule has 1 rings (SSSR count). The van der Waals surface area contributed by atoms with Gasteiger partial charge in [-0.3, -0.25) is 0 Å². The highest BCUT2D eigenvalue weighted by Crippen LogP contribution is 2.24. The summed E-state index contributed by atoms with van der Waals surface area (Å²) in [5, 5.41) is 5.68. The Morgan fingerprint density at radius 1 is 1.47 bits per heavy atom. The highest BCUT2D eigenvalue weighted by atomic mass is 79.9. The molecule has 0 aliphatic carbocycles. The van der Waals surface area contributed by atoms with Gasteiger partial charge < -0.3 is 5.32 Å². The van der Waals surface area contributed by atoms with Crippen LogP contribution >= 0.6 is 27.3 Å². The molecule has 0 aliphatic heterocycles. The zero-order valence-corrected chi connectivity index (χ0v) is 12.1. The standard InChI is InChI=1S/C12H20BrNS/c1-4-10(9(3)14-5-2)6-12-7-11(13)8-15-12/h7-10,14H,4-6H2,1-3H3. The van der Waals surface area contributed by atoms with Crippen molar-refractivity contribution in [2.75, 3.05) is 6.54 Å². The number of rotatable bonds is 6. The molecule has 2 atom stereocenters. The summed E-state index contributed by atoms with van der Waals surface area (Å²) < 4.78 is 1.22. The molecule has 0 amide bonds. The number of halogens is 1. The van der Waals surface area contributed by atoms with E-state index in [1.54, 1.807) is 0 Å². The molecule has 0 fully saturated rings. The minimum Gasteiger partial charge on any atom is -0.314 e. The van der Waals surface area contributed by atoms with Gasteiger partial charge in [-0.05, 0) is 47.8 Å². The molecule has 0 aromatic carbocycles. The molecule has 15 heavy (non-hydrogen) atoms. The average molecular weight is 290 g/mol. The lowest BCUT2D eigenvalue weighted by atomic mass is 9.94. The quantitative estimate of drug-likeness (QED) is 0.832. The van der Waals surface area contributed by atoms with Crippen LogP contribution in [-0.2, 0) is 6.42 Å².